The smallest absolute Gasteiger partial charge is 0.248 e. The van der Waals surface area contributed by atoms with Crippen LogP contribution in [0.5, 0.6) is 0 Å². The molecule has 1 aromatic carbocycles. The number of amides is 1. The molecule has 0 spiro atoms. The van der Waals surface area contributed by atoms with E-state index in [9.17, 15) is 4.79 Å². The fourth-order valence-corrected chi connectivity index (χ4v) is 2.55. The van der Waals surface area contributed by atoms with E-state index in [0.717, 1.165) is 10.0 Å². The largest absolute Gasteiger partial charge is 0.366 e. The van der Waals surface area contributed by atoms with Crippen molar-refractivity contribution in [3.8, 4) is 0 Å². The SMILES string of the molecule is CC1=C(C(N)=O)C(c2ccc(Br)cc2)n2nnnc2N1. The molecule has 1 atom stereocenters. The summed E-state index contributed by atoms with van der Waals surface area (Å²) in [4.78, 5) is 11.8. The average molecular weight is 335 g/mol. The monoisotopic (exact) mass is 334 g/mol. The standard InChI is InChI=1S/C12H11BrN6O/c1-6-9(11(14)20)10(7-2-4-8(13)5-3-7)19-12(15-6)16-17-18-19/h2-5,10H,1H3,(H2,14,20)(H,15,16,18). The van der Waals surface area contributed by atoms with E-state index in [2.05, 4.69) is 36.8 Å². The number of nitrogens with zero attached hydrogens (tertiary/aromatic N) is 4. The van der Waals surface area contributed by atoms with E-state index in [0.29, 0.717) is 17.2 Å². The molecule has 1 aromatic heterocycles. The summed E-state index contributed by atoms with van der Waals surface area (Å²) in [5.74, 6) is -0.00973. The molecule has 0 saturated heterocycles. The van der Waals surface area contributed by atoms with Gasteiger partial charge in [0, 0.05) is 10.2 Å². The second-order valence-electron chi connectivity index (χ2n) is 4.43. The Bertz CT molecular complexity index is 705. The molecule has 0 radical (unpaired) electrons. The molecule has 3 rings (SSSR count). The van der Waals surface area contributed by atoms with Crippen LogP contribution in [0.3, 0.4) is 0 Å². The number of carbonyl (C=O) groups excluding carboxylic acids is 1. The molecule has 8 heteroatoms. The van der Waals surface area contributed by atoms with Crippen LogP contribution in [0.4, 0.5) is 5.95 Å². The van der Waals surface area contributed by atoms with Crippen LogP contribution in [0.25, 0.3) is 0 Å². The van der Waals surface area contributed by atoms with Gasteiger partial charge in [-0.25, -0.2) is 0 Å². The molecule has 102 valence electrons. The highest BCUT2D eigenvalue weighted by molar-refractivity contribution is 9.10. The van der Waals surface area contributed by atoms with Gasteiger partial charge < -0.3 is 11.1 Å². The van der Waals surface area contributed by atoms with Gasteiger partial charge in [-0.15, -0.1) is 0 Å². The third-order valence-electron chi connectivity index (χ3n) is 3.17. The zero-order valence-electron chi connectivity index (χ0n) is 10.5. The van der Waals surface area contributed by atoms with Crippen LogP contribution in [0, 0.1) is 0 Å². The average Bonchev–Trinajstić information content (AvgIpc) is 2.85. The molecule has 7 nitrogen and oxygen atoms in total. The van der Waals surface area contributed by atoms with E-state index in [1.807, 2.05) is 24.3 Å². The van der Waals surface area contributed by atoms with Crippen LogP contribution in [0.15, 0.2) is 40.0 Å². The zero-order valence-corrected chi connectivity index (χ0v) is 12.1. The summed E-state index contributed by atoms with van der Waals surface area (Å²) in [6.07, 6.45) is 0. The first-order valence-corrected chi connectivity index (χ1v) is 6.68. The molecular formula is C12H11BrN6O. The second-order valence-corrected chi connectivity index (χ2v) is 5.34. The van der Waals surface area contributed by atoms with Crippen molar-refractivity contribution in [1.29, 1.82) is 0 Å². The fourth-order valence-electron chi connectivity index (χ4n) is 2.28. The van der Waals surface area contributed by atoms with Gasteiger partial charge in [0.25, 0.3) is 0 Å². The van der Waals surface area contributed by atoms with Gasteiger partial charge in [0.2, 0.25) is 11.9 Å². The normalized spacial score (nSPS) is 17.6. The topological polar surface area (TPSA) is 98.7 Å². The Balaban J connectivity index is 2.19. The maximum Gasteiger partial charge on any atom is 0.248 e. The lowest BCUT2D eigenvalue weighted by Crippen LogP contribution is -2.31. The number of hydrogen-bond acceptors (Lipinski definition) is 5. The van der Waals surface area contributed by atoms with Gasteiger partial charge in [-0.2, -0.15) is 4.68 Å². The number of nitrogens with one attached hydrogen (secondary N) is 1. The highest BCUT2D eigenvalue weighted by atomic mass is 79.9. The van der Waals surface area contributed by atoms with Crippen molar-refractivity contribution in [2.24, 2.45) is 5.73 Å². The summed E-state index contributed by atoms with van der Waals surface area (Å²) in [5, 5.41) is 14.4. The molecule has 0 saturated carbocycles. The number of hydrogen-bond donors (Lipinski definition) is 2. The minimum Gasteiger partial charge on any atom is -0.366 e. The van der Waals surface area contributed by atoms with Crippen molar-refractivity contribution in [3.63, 3.8) is 0 Å². The van der Waals surface area contributed by atoms with Crippen molar-refractivity contribution < 1.29 is 4.79 Å². The third kappa shape index (κ3) is 1.97. The lowest BCUT2D eigenvalue weighted by molar-refractivity contribution is -0.115. The molecule has 1 aliphatic heterocycles. The van der Waals surface area contributed by atoms with E-state index in [1.165, 1.54) is 0 Å². The third-order valence-corrected chi connectivity index (χ3v) is 3.69. The Kier molecular flexibility index (Phi) is 3.01. The highest BCUT2D eigenvalue weighted by Gasteiger charge is 2.32. The minimum absolute atomic E-state index is 0.424. The van der Waals surface area contributed by atoms with E-state index in [1.54, 1.807) is 11.6 Å². The number of halogens is 1. The Morgan fingerprint density at radius 1 is 1.40 bits per heavy atom. The summed E-state index contributed by atoms with van der Waals surface area (Å²) >= 11 is 3.39. The summed E-state index contributed by atoms with van der Waals surface area (Å²) in [7, 11) is 0. The molecule has 0 fully saturated rings. The number of benzene rings is 1. The van der Waals surface area contributed by atoms with Gasteiger partial charge in [0.1, 0.15) is 6.04 Å². The minimum atomic E-state index is -0.496. The first-order valence-electron chi connectivity index (χ1n) is 5.89. The Hall–Kier alpha value is -2.22. The first-order chi connectivity index (χ1) is 9.58. The number of aromatic nitrogens is 4. The Labute approximate surface area is 123 Å². The molecule has 1 unspecified atom stereocenters. The van der Waals surface area contributed by atoms with Crippen LogP contribution in [0.2, 0.25) is 0 Å². The number of tetrazole rings is 1. The van der Waals surface area contributed by atoms with E-state index >= 15 is 0 Å². The molecule has 0 bridgehead atoms. The van der Waals surface area contributed by atoms with Gasteiger partial charge in [-0.3, -0.25) is 4.79 Å². The lowest BCUT2D eigenvalue weighted by Gasteiger charge is -2.26. The lowest BCUT2D eigenvalue weighted by atomic mass is 9.95. The van der Waals surface area contributed by atoms with Gasteiger partial charge in [0.05, 0.1) is 5.57 Å². The molecule has 1 amide bonds. The Morgan fingerprint density at radius 3 is 2.75 bits per heavy atom. The number of nitrogens with two attached hydrogens (primary N) is 1. The van der Waals surface area contributed by atoms with Crippen molar-refractivity contribution in [3.05, 3.63) is 45.6 Å². The predicted octanol–water partition coefficient (Wildman–Crippen LogP) is 1.21. The molecule has 2 heterocycles. The number of anilines is 1. The molecule has 2 aromatic rings. The van der Waals surface area contributed by atoms with Crippen LogP contribution < -0.4 is 11.1 Å². The second kappa shape index (κ2) is 4.71. The number of allylic oxidation sites excluding steroid dienone is 1. The van der Waals surface area contributed by atoms with Crippen LogP contribution in [-0.4, -0.2) is 26.1 Å². The quantitative estimate of drug-likeness (QED) is 0.859. The van der Waals surface area contributed by atoms with E-state index in [-0.39, 0.29) is 0 Å². The maximum atomic E-state index is 11.8. The van der Waals surface area contributed by atoms with Crippen molar-refractivity contribution in [2.45, 2.75) is 13.0 Å². The van der Waals surface area contributed by atoms with Crippen LogP contribution in [-0.2, 0) is 4.79 Å². The van der Waals surface area contributed by atoms with Gasteiger partial charge >= 0.3 is 0 Å². The highest BCUT2D eigenvalue weighted by Crippen LogP contribution is 2.34. The van der Waals surface area contributed by atoms with E-state index in [4.69, 9.17) is 5.73 Å². The summed E-state index contributed by atoms with van der Waals surface area (Å²) in [6, 6.07) is 7.18. The summed E-state index contributed by atoms with van der Waals surface area (Å²) in [5.41, 5.74) is 7.51. The van der Waals surface area contributed by atoms with Crippen LogP contribution >= 0.6 is 15.9 Å². The van der Waals surface area contributed by atoms with Gasteiger partial charge in [0.15, 0.2) is 0 Å². The molecule has 0 aliphatic carbocycles. The number of rotatable bonds is 2. The predicted molar refractivity (Wildman–Crippen MR) is 75.6 cm³/mol. The fraction of sp³-hybridized carbons (Fsp3) is 0.167. The summed E-state index contributed by atoms with van der Waals surface area (Å²) in [6.45, 7) is 1.78. The van der Waals surface area contributed by atoms with E-state index < -0.39 is 11.9 Å². The van der Waals surface area contributed by atoms with Crippen LogP contribution in [0.1, 0.15) is 18.5 Å². The molecule has 20 heavy (non-hydrogen) atoms. The zero-order chi connectivity index (χ0) is 14.3. The number of carbonyl (C=O) groups is 1. The maximum absolute atomic E-state index is 11.8. The van der Waals surface area contributed by atoms with Crippen molar-refractivity contribution in [1.82, 2.24) is 20.2 Å². The number of fused-ring (bicyclic) bond motifs is 1. The summed E-state index contributed by atoms with van der Waals surface area (Å²) < 4.78 is 2.50. The first kappa shape index (κ1) is 12.8. The Morgan fingerprint density at radius 2 is 2.10 bits per heavy atom. The molecular weight excluding hydrogens is 324 g/mol. The van der Waals surface area contributed by atoms with Gasteiger partial charge in [-0.1, -0.05) is 33.2 Å². The van der Waals surface area contributed by atoms with Gasteiger partial charge in [-0.05, 0) is 35.0 Å². The molecule has 1 aliphatic rings. The van der Waals surface area contributed by atoms with Crippen molar-refractivity contribution >= 4 is 27.8 Å². The molecule has 3 N–H and O–H groups in total. The van der Waals surface area contributed by atoms with Crippen molar-refractivity contribution in [2.75, 3.05) is 5.32 Å². The number of primary amides is 1.